The molecule has 1 amide bonds. The maximum Gasteiger partial charge on any atom is 0.304 e. The van der Waals surface area contributed by atoms with Crippen molar-refractivity contribution in [2.24, 2.45) is 11.3 Å². The molecule has 0 spiro atoms. The molecular formula is C17H21FN2O5. The highest BCUT2D eigenvalue weighted by atomic mass is 19.1. The number of carboxylic acids is 1. The third-order valence-corrected chi connectivity index (χ3v) is 4.95. The number of rotatable bonds is 6. The summed E-state index contributed by atoms with van der Waals surface area (Å²) >= 11 is 0. The van der Waals surface area contributed by atoms with Gasteiger partial charge >= 0.3 is 5.97 Å². The second kappa shape index (κ2) is 7.58. The van der Waals surface area contributed by atoms with Crippen molar-refractivity contribution in [1.29, 1.82) is 0 Å². The Balaban J connectivity index is 2.29. The van der Waals surface area contributed by atoms with E-state index in [1.54, 1.807) is 6.92 Å². The van der Waals surface area contributed by atoms with Crippen LogP contribution in [0.15, 0.2) is 18.2 Å². The van der Waals surface area contributed by atoms with Gasteiger partial charge in [-0.15, -0.1) is 0 Å². The van der Waals surface area contributed by atoms with Gasteiger partial charge in [-0.1, -0.05) is 19.3 Å². The van der Waals surface area contributed by atoms with Crippen LogP contribution < -0.4 is 5.32 Å². The number of hydrogen-bond donors (Lipinski definition) is 2. The summed E-state index contributed by atoms with van der Waals surface area (Å²) in [6, 6.07) is 2.85. The number of aliphatic carboxylic acids is 1. The fourth-order valence-electron chi connectivity index (χ4n) is 3.45. The molecular weight excluding hydrogens is 331 g/mol. The van der Waals surface area contributed by atoms with Gasteiger partial charge in [-0.2, -0.15) is 0 Å². The molecule has 25 heavy (non-hydrogen) atoms. The summed E-state index contributed by atoms with van der Waals surface area (Å²) in [6.45, 7) is 1.57. The number of amides is 1. The highest BCUT2D eigenvalue weighted by molar-refractivity contribution is 5.97. The molecule has 0 aliphatic heterocycles. The second-order valence-electron chi connectivity index (χ2n) is 6.70. The summed E-state index contributed by atoms with van der Waals surface area (Å²) in [7, 11) is 0. The number of benzene rings is 1. The maximum absolute atomic E-state index is 13.9. The largest absolute Gasteiger partial charge is 0.481 e. The van der Waals surface area contributed by atoms with Gasteiger partial charge in [-0.3, -0.25) is 19.7 Å². The fourth-order valence-corrected chi connectivity index (χ4v) is 3.45. The van der Waals surface area contributed by atoms with Gasteiger partial charge in [0.25, 0.3) is 5.69 Å². The van der Waals surface area contributed by atoms with Crippen LogP contribution in [0.25, 0.3) is 0 Å². The number of carboxylic acid groups (broad SMARTS) is 1. The third kappa shape index (κ3) is 4.32. The van der Waals surface area contributed by atoms with Crippen molar-refractivity contribution in [1.82, 2.24) is 0 Å². The molecule has 0 radical (unpaired) electrons. The zero-order valence-electron chi connectivity index (χ0n) is 14.0. The van der Waals surface area contributed by atoms with Crippen LogP contribution in [-0.4, -0.2) is 21.9 Å². The molecule has 1 saturated carbocycles. The van der Waals surface area contributed by atoms with E-state index in [1.165, 1.54) is 0 Å². The van der Waals surface area contributed by atoms with Gasteiger partial charge in [-0.05, 0) is 31.7 Å². The quantitative estimate of drug-likeness (QED) is 0.599. The van der Waals surface area contributed by atoms with Crippen molar-refractivity contribution in [2.45, 2.75) is 45.4 Å². The summed E-state index contributed by atoms with van der Waals surface area (Å²) in [5.74, 6) is -2.66. The first kappa shape index (κ1) is 18.8. The molecule has 136 valence electrons. The molecule has 0 aromatic heterocycles. The predicted octanol–water partition coefficient (Wildman–Crippen LogP) is 3.73. The lowest BCUT2D eigenvalue weighted by Gasteiger charge is -2.37. The molecule has 0 heterocycles. The Bertz CT molecular complexity index is 688. The Labute approximate surface area is 144 Å². The molecule has 8 heteroatoms. The number of halogens is 1. The summed E-state index contributed by atoms with van der Waals surface area (Å²) < 4.78 is 13.9. The van der Waals surface area contributed by atoms with Crippen LogP contribution in [0.2, 0.25) is 0 Å². The topological polar surface area (TPSA) is 110 Å². The molecule has 2 N–H and O–H groups in total. The lowest BCUT2D eigenvalue weighted by Crippen LogP contribution is -2.42. The summed E-state index contributed by atoms with van der Waals surface area (Å²) in [6.07, 6.45) is 3.96. The maximum atomic E-state index is 13.9. The Kier molecular flexibility index (Phi) is 5.71. The number of nitrogens with one attached hydrogen (secondary N) is 1. The van der Waals surface area contributed by atoms with Crippen LogP contribution in [0.5, 0.6) is 0 Å². The molecule has 1 aliphatic rings. The van der Waals surface area contributed by atoms with Crippen molar-refractivity contribution < 1.29 is 24.0 Å². The molecule has 1 aliphatic carbocycles. The van der Waals surface area contributed by atoms with E-state index in [4.69, 9.17) is 0 Å². The van der Waals surface area contributed by atoms with Gasteiger partial charge in [0.2, 0.25) is 5.91 Å². The molecule has 1 aromatic rings. The van der Waals surface area contributed by atoms with E-state index < -0.39 is 28.0 Å². The average Bonchev–Trinajstić information content (AvgIpc) is 2.56. The highest BCUT2D eigenvalue weighted by Gasteiger charge is 2.43. The fraction of sp³-hybridized carbons (Fsp3) is 0.529. The van der Waals surface area contributed by atoms with Gasteiger partial charge in [0, 0.05) is 12.1 Å². The molecule has 1 unspecified atom stereocenters. The van der Waals surface area contributed by atoms with Crippen molar-refractivity contribution in [3.8, 4) is 0 Å². The standard InChI is InChI=1S/C17H21FN2O5/c1-17(10-15(21)22,11-5-3-2-4-6-11)16(23)19-14-9-12(20(24)25)7-8-13(14)18/h7-9,11H,2-6,10H2,1H3,(H,19,23)(H,21,22). The van der Waals surface area contributed by atoms with Gasteiger partial charge in [0.15, 0.2) is 0 Å². The van der Waals surface area contributed by atoms with Crippen molar-refractivity contribution in [3.05, 3.63) is 34.1 Å². The van der Waals surface area contributed by atoms with E-state index in [-0.39, 0.29) is 23.7 Å². The number of anilines is 1. The minimum Gasteiger partial charge on any atom is -0.481 e. The summed E-state index contributed by atoms with van der Waals surface area (Å²) in [4.78, 5) is 34.2. The number of carbonyl (C=O) groups excluding carboxylic acids is 1. The first-order valence-corrected chi connectivity index (χ1v) is 8.21. The summed E-state index contributed by atoms with van der Waals surface area (Å²) in [5, 5.41) is 22.4. The van der Waals surface area contributed by atoms with Crippen molar-refractivity contribution in [2.75, 3.05) is 5.32 Å². The van der Waals surface area contributed by atoms with Gasteiger partial charge < -0.3 is 10.4 Å². The SMILES string of the molecule is CC(CC(=O)O)(C(=O)Nc1cc([N+](=O)[O-])ccc1F)C1CCCCC1. The molecule has 1 atom stereocenters. The molecule has 1 fully saturated rings. The number of nitro benzene ring substituents is 1. The van der Waals surface area contributed by atoms with Crippen LogP contribution in [0.1, 0.15) is 45.4 Å². The van der Waals surface area contributed by atoms with Crippen LogP contribution in [-0.2, 0) is 9.59 Å². The minimum atomic E-state index is -1.21. The van der Waals surface area contributed by atoms with E-state index in [0.29, 0.717) is 0 Å². The number of nitrogens with zero attached hydrogens (tertiary/aromatic N) is 1. The first-order chi connectivity index (χ1) is 11.7. The Morgan fingerprint density at radius 3 is 2.56 bits per heavy atom. The van der Waals surface area contributed by atoms with Gasteiger partial charge in [0.05, 0.1) is 22.4 Å². The molecule has 2 rings (SSSR count). The highest BCUT2D eigenvalue weighted by Crippen LogP contribution is 2.42. The molecule has 0 saturated heterocycles. The van der Waals surface area contributed by atoms with Crippen LogP contribution in [0.4, 0.5) is 15.8 Å². The second-order valence-corrected chi connectivity index (χ2v) is 6.70. The van der Waals surface area contributed by atoms with Crippen LogP contribution >= 0.6 is 0 Å². The van der Waals surface area contributed by atoms with E-state index >= 15 is 0 Å². The van der Waals surface area contributed by atoms with Crippen molar-refractivity contribution >= 4 is 23.3 Å². The summed E-state index contributed by atoms with van der Waals surface area (Å²) in [5.41, 5.74) is -1.87. The average molecular weight is 352 g/mol. The lowest BCUT2D eigenvalue weighted by atomic mass is 9.67. The zero-order chi connectivity index (χ0) is 18.6. The van der Waals surface area contributed by atoms with Gasteiger partial charge in [-0.25, -0.2) is 4.39 Å². The smallest absolute Gasteiger partial charge is 0.304 e. The number of hydrogen-bond acceptors (Lipinski definition) is 4. The predicted molar refractivity (Wildman–Crippen MR) is 88.6 cm³/mol. The third-order valence-electron chi connectivity index (χ3n) is 4.95. The van der Waals surface area contributed by atoms with E-state index in [9.17, 15) is 29.2 Å². The molecule has 7 nitrogen and oxygen atoms in total. The number of non-ortho nitro benzene ring substituents is 1. The van der Waals surface area contributed by atoms with E-state index in [0.717, 1.165) is 50.3 Å². The number of nitro groups is 1. The van der Waals surface area contributed by atoms with Crippen LogP contribution in [0, 0.1) is 27.3 Å². The van der Waals surface area contributed by atoms with Gasteiger partial charge in [0.1, 0.15) is 5.82 Å². The minimum absolute atomic E-state index is 0.126. The number of carbonyl (C=O) groups is 2. The normalized spacial score (nSPS) is 17.5. The zero-order valence-corrected chi connectivity index (χ0v) is 14.0. The first-order valence-electron chi connectivity index (χ1n) is 8.21. The monoisotopic (exact) mass is 352 g/mol. The van der Waals surface area contributed by atoms with Crippen LogP contribution in [0.3, 0.4) is 0 Å². The molecule has 1 aromatic carbocycles. The van der Waals surface area contributed by atoms with Crippen molar-refractivity contribution in [3.63, 3.8) is 0 Å². The Morgan fingerprint density at radius 2 is 2.00 bits per heavy atom. The van der Waals surface area contributed by atoms with E-state index in [2.05, 4.69) is 5.32 Å². The Morgan fingerprint density at radius 1 is 1.36 bits per heavy atom. The molecule has 0 bridgehead atoms. The lowest BCUT2D eigenvalue weighted by molar-refractivity contribution is -0.384. The Hall–Kier alpha value is -2.51. The van der Waals surface area contributed by atoms with E-state index in [1.807, 2.05) is 0 Å².